The average molecular weight is 479 g/mol. The van der Waals surface area contributed by atoms with Crippen LogP contribution in [0.3, 0.4) is 0 Å². The molecule has 0 saturated carbocycles. The van der Waals surface area contributed by atoms with Crippen molar-refractivity contribution in [3.63, 3.8) is 0 Å². The predicted molar refractivity (Wildman–Crippen MR) is 133 cm³/mol. The largest absolute Gasteiger partial charge is 0.481 e. The molecule has 2 atom stereocenters. The first-order valence-corrected chi connectivity index (χ1v) is 12.6. The number of rotatable bonds is 10. The Kier molecular flexibility index (Phi) is 8.06. The summed E-state index contributed by atoms with van der Waals surface area (Å²) in [5.41, 5.74) is 4.60. The van der Waals surface area contributed by atoms with Gasteiger partial charge in [0.05, 0.1) is 0 Å². The van der Waals surface area contributed by atoms with Gasteiger partial charge in [0.25, 0.3) is 0 Å². The summed E-state index contributed by atoms with van der Waals surface area (Å²) in [4.78, 5) is 38.9. The summed E-state index contributed by atoms with van der Waals surface area (Å²) in [5, 5.41) is 11.9. The molecule has 1 aliphatic carbocycles. The number of hydrogen-bond donors (Lipinski definition) is 2. The molecule has 1 aliphatic heterocycles. The van der Waals surface area contributed by atoms with Gasteiger partial charge < -0.3 is 20.1 Å². The second-order valence-electron chi connectivity index (χ2n) is 9.42. The van der Waals surface area contributed by atoms with E-state index in [2.05, 4.69) is 29.6 Å². The Morgan fingerprint density at radius 2 is 1.74 bits per heavy atom. The highest BCUT2D eigenvalue weighted by atomic mass is 16.5. The summed E-state index contributed by atoms with van der Waals surface area (Å²) in [7, 11) is 0. The molecule has 0 aromatic heterocycles. The molecule has 186 valence electrons. The van der Waals surface area contributed by atoms with Crippen LogP contribution in [-0.4, -0.2) is 53.2 Å². The van der Waals surface area contributed by atoms with Crippen LogP contribution in [0.2, 0.25) is 0 Å². The number of amides is 2. The number of carboxylic acids is 1. The van der Waals surface area contributed by atoms with Crippen molar-refractivity contribution in [1.29, 1.82) is 0 Å². The van der Waals surface area contributed by atoms with Crippen molar-refractivity contribution in [2.75, 3.05) is 13.2 Å². The van der Waals surface area contributed by atoms with Crippen LogP contribution in [0, 0.1) is 0 Å². The van der Waals surface area contributed by atoms with E-state index in [0.717, 1.165) is 47.9 Å². The van der Waals surface area contributed by atoms with E-state index in [1.54, 1.807) is 4.90 Å². The molecule has 2 aromatic carbocycles. The van der Waals surface area contributed by atoms with Gasteiger partial charge in [-0.15, -0.1) is 0 Å². The lowest BCUT2D eigenvalue weighted by molar-refractivity contribution is -0.139. The van der Waals surface area contributed by atoms with Gasteiger partial charge in [0, 0.05) is 24.9 Å². The second kappa shape index (κ2) is 11.4. The number of benzene rings is 2. The number of unbranched alkanes of at least 4 members (excludes halogenated alkanes) is 1. The first-order valence-electron chi connectivity index (χ1n) is 12.6. The number of carbonyl (C=O) groups is 3. The van der Waals surface area contributed by atoms with E-state index in [0.29, 0.717) is 19.4 Å². The van der Waals surface area contributed by atoms with E-state index in [1.807, 2.05) is 31.2 Å². The fourth-order valence-electron chi connectivity index (χ4n) is 5.36. The number of ether oxygens (including phenoxy) is 1. The van der Waals surface area contributed by atoms with Crippen LogP contribution < -0.4 is 5.32 Å². The molecule has 0 spiro atoms. The lowest BCUT2D eigenvalue weighted by Gasteiger charge is -2.29. The van der Waals surface area contributed by atoms with Crippen LogP contribution in [0.15, 0.2) is 48.5 Å². The van der Waals surface area contributed by atoms with Gasteiger partial charge in [-0.25, -0.2) is 4.79 Å². The molecule has 0 radical (unpaired) electrons. The molecule has 1 fully saturated rings. The summed E-state index contributed by atoms with van der Waals surface area (Å²) in [6, 6.07) is 15.6. The summed E-state index contributed by atoms with van der Waals surface area (Å²) >= 11 is 0. The molecule has 2 aliphatic rings. The van der Waals surface area contributed by atoms with Gasteiger partial charge in [0.15, 0.2) is 0 Å². The Hall–Kier alpha value is -3.35. The first kappa shape index (κ1) is 24.8. The molecule has 7 nitrogen and oxygen atoms in total. The quantitative estimate of drug-likeness (QED) is 0.504. The van der Waals surface area contributed by atoms with E-state index < -0.39 is 18.1 Å². The van der Waals surface area contributed by atoms with Crippen LogP contribution >= 0.6 is 0 Å². The maximum absolute atomic E-state index is 13.3. The van der Waals surface area contributed by atoms with Gasteiger partial charge in [-0.3, -0.25) is 9.59 Å². The number of aliphatic carboxylic acids is 1. The fourth-order valence-corrected chi connectivity index (χ4v) is 5.36. The van der Waals surface area contributed by atoms with Crippen LogP contribution in [0.1, 0.15) is 68.9 Å². The zero-order valence-electron chi connectivity index (χ0n) is 20.2. The lowest BCUT2D eigenvalue weighted by Crippen LogP contribution is -2.50. The number of likely N-dealkylation sites (tertiary alicyclic amines) is 1. The highest BCUT2D eigenvalue weighted by Gasteiger charge is 2.34. The molecule has 2 amide bonds. The van der Waals surface area contributed by atoms with Crippen molar-refractivity contribution in [3.05, 3.63) is 59.7 Å². The first-order chi connectivity index (χ1) is 17.0. The van der Waals surface area contributed by atoms with Crippen molar-refractivity contribution in [2.45, 2.75) is 69.9 Å². The third-order valence-corrected chi connectivity index (χ3v) is 7.13. The summed E-state index contributed by atoms with van der Waals surface area (Å²) < 4.78 is 5.67. The van der Waals surface area contributed by atoms with Gasteiger partial charge in [0.1, 0.15) is 12.6 Å². The monoisotopic (exact) mass is 478 g/mol. The molecule has 4 rings (SSSR count). The molecule has 2 N–H and O–H groups in total. The number of nitrogens with zero attached hydrogens (tertiary/aromatic N) is 1. The minimum absolute atomic E-state index is 0.0356. The van der Waals surface area contributed by atoms with E-state index >= 15 is 0 Å². The molecule has 0 bridgehead atoms. The highest BCUT2D eigenvalue weighted by molar-refractivity contribution is 5.86. The standard InChI is InChI=1S/C28H34N2O5/c1-2-3-14-25(27(33)30-17-8-9-19(30)15-16-26(31)32)29-28(34)35-18-24-22-12-6-4-10-20(22)21-11-5-7-13-23(21)24/h4-7,10-13,19,24-25H,2-3,8-9,14-18H2,1H3,(H,29,34)(H,31,32)/t19?,25-/m0/s1. The molecular formula is C28H34N2O5. The Morgan fingerprint density at radius 1 is 1.09 bits per heavy atom. The summed E-state index contributed by atoms with van der Waals surface area (Å²) in [6.07, 6.45) is 3.75. The Morgan fingerprint density at radius 3 is 2.37 bits per heavy atom. The zero-order chi connectivity index (χ0) is 24.8. The number of alkyl carbamates (subject to hydrolysis) is 1. The van der Waals surface area contributed by atoms with Crippen molar-refractivity contribution >= 4 is 18.0 Å². The number of nitrogens with one attached hydrogen (secondary N) is 1. The van der Waals surface area contributed by atoms with E-state index in [1.165, 1.54) is 0 Å². The van der Waals surface area contributed by atoms with Gasteiger partial charge in [-0.2, -0.15) is 0 Å². The van der Waals surface area contributed by atoms with E-state index in [9.17, 15) is 14.4 Å². The van der Waals surface area contributed by atoms with Crippen molar-refractivity contribution in [1.82, 2.24) is 10.2 Å². The third kappa shape index (κ3) is 5.66. The maximum Gasteiger partial charge on any atom is 0.407 e. The molecule has 1 saturated heterocycles. The summed E-state index contributed by atoms with van der Waals surface area (Å²) in [5.74, 6) is -1.04. The second-order valence-corrected chi connectivity index (χ2v) is 9.42. The van der Waals surface area contributed by atoms with Crippen molar-refractivity contribution < 1.29 is 24.2 Å². The summed E-state index contributed by atoms with van der Waals surface area (Å²) in [6.45, 7) is 2.83. The fraction of sp³-hybridized carbons (Fsp3) is 0.464. The normalized spacial score (nSPS) is 17.5. The van der Waals surface area contributed by atoms with E-state index in [-0.39, 0.29) is 30.9 Å². The number of fused-ring (bicyclic) bond motifs is 3. The molecule has 35 heavy (non-hydrogen) atoms. The minimum Gasteiger partial charge on any atom is -0.481 e. The third-order valence-electron chi connectivity index (χ3n) is 7.13. The number of carboxylic acid groups (broad SMARTS) is 1. The van der Waals surface area contributed by atoms with Crippen LogP contribution in [0.4, 0.5) is 4.79 Å². The minimum atomic E-state index is -0.858. The highest BCUT2D eigenvalue weighted by Crippen LogP contribution is 2.44. The SMILES string of the molecule is CCCC[C@H](NC(=O)OCC1c2ccccc2-c2ccccc21)C(=O)N1CCCC1CCC(=O)O. The van der Waals surface area contributed by atoms with E-state index in [4.69, 9.17) is 9.84 Å². The molecule has 2 aromatic rings. The molecular weight excluding hydrogens is 444 g/mol. The van der Waals surface area contributed by atoms with Crippen LogP contribution in [0.25, 0.3) is 11.1 Å². The Balaban J connectivity index is 1.40. The average Bonchev–Trinajstić information content (AvgIpc) is 3.46. The van der Waals surface area contributed by atoms with Crippen LogP contribution in [0.5, 0.6) is 0 Å². The van der Waals surface area contributed by atoms with Crippen molar-refractivity contribution in [3.8, 4) is 11.1 Å². The molecule has 7 heteroatoms. The Bertz CT molecular complexity index is 1020. The van der Waals surface area contributed by atoms with Gasteiger partial charge in [-0.1, -0.05) is 68.3 Å². The predicted octanol–water partition coefficient (Wildman–Crippen LogP) is 4.94. The topological polar surface area (TPSA) is 95.9 Å². The molecule has 1 unspecified atom stereocenters. The van der Waals surface area contributed by atoms with Gasteiger partial charge in [0.2, 0.25) is 5.91 Å². The van der Waals surface area contributed by atoms with Gasteiger partial charge in [-0.05, 0) is 47.9 Å². The van der Waals surface area contributed by atoms with Gasteiger partial charge >= 0.3 is 12.1 Å². The number of hydrogen-bond acceptors (Lipinski definition) is 4. The molecule has 1 heterocycles. The smallest absolute Gasteiger partial charge is 0.407 e. The maximum atomic E-state index is 13.3. The number of carbonyl (C=O) groups excluding carboxylic acids is 2. The zero-order valence-corrected chi connectivity index (χ0v) is 20.2. The van der Waals surface area contributed by atoms with Crippen LogP contribution in [-0.2, 0) is 14.3 Å². The lowest BCUT2D eigenvalue weighted by atomic mass is 9.98. The van der Waals surface area contributed by atoms with Crippen molar-refractivity contribution in [2.24, 2.45) is 0 Å². The Labute approximate surface area is 206 Å².